The summed E-state index contributed by atoms with van der Waals surface area (Å²) in [6, 6.07) is 7.16. The normalized spacial score (nSPS) is 16.1. The molecule has 3 N–H and O–H groups in total. The van der Waals surface area contributed by atoms with Crippen molar-refractivity contribution in [1.82, 2.24) is 15.5 Å². The number of likely N-dealkylation sites (tertiary alicyclic amines) is 1. The molecule has 1 unspecified atom stereocenters. The number of nitrogens with one attached hydrogen (secondary N) is 3. The average molecular weight is 447 g/mol. The number of alkyl carbamates (subject to hydrolysis) is 1. The van der Waals surface area contributed by atoms with E-state index in [0.29, 0.717) is 25.3 Å². The van der Waals surface area contributed by atoms with Crippen LogP contribution < -0.4 is 16.0 Å². The van der Waals surface area contributed by atoms with Gasteiger partial charge in [-0.2, -0.15) is 0 Å². The molecule has 1 atom stereocenters. The Bertz CT molecular complexity index is 817. The van der Waals surface area contributed by atoms with Gasteiger partial charge in [0.1, 0.15) is 5.60 Å². The Labute approximate surface area is 189 Å². The molecule has 1 saturated heterocycles. The average Bonchev–Trinajstić information content (AvgIpc) is 2.71. The van der Waals surface area contributed by atoms with E-state index in [2.05, 4.69) is 16.0 Å². The first-order chi connectivity index (χ1) is 15.0. The van der Waals surface area contributed by atoms with Crippen LogP contribution in [0.15, 0.2) is 24.3 Å². The van der Waals surface area contributed by atoms with Crippen molar-refractivity contribution in [2.45, 2.75) is 52.6 Å². The lowest BCUT2D eigenvalue weighted by molar-refractivity contribution is -0.135. The molecule has 0 aromatic heterocycles. The lowest BCUT2D eigenvalue weighted by atomic mass is 9.96. The first-order valence-corrected chi connectivity index (χ1v) is 10.9. The maximum Gasteiger partial charge on any atom is 0.407 e. The molecule has 1 fully saturated rings. The summed E-state index contributed by atoms with van der Waals surface area (Å²) in [5.41, 5.74) is 0.965. The Balaban J connectivity index is 1.75. The van der Waals surface area contributed by atoms with E-state index in [1.165, 1.54) is 6.92 Å². The highest BCUT2D eigenvalue weighted by Gasteiger charge is 2.28. The number of ether oxygens (including phenoxy) is 1. The molecule has 1 aliphatic rings. The van der Waals surface area contributed by atoms with Crippen molar-refractivity contribution < 1.29 is 23.9 Å². The van der Waals surface area contributed by atoms with E-state index in [4.69, 9.17) is 4.74 Å². The van der Waals surface area contributed by atoms with Gasteiger partial charge in [0.15, 0.2) is 0 Å². The van der Waals surface area contributed by atoms with Crippen LogP contribution in [0.2, 0.25) is 0 Å². The number of hydrogen-bond acceptors (Lipinski definition) is 5. The minimum Gasteiger partial charge on any atom is -0.444 e. The molecular weight excluding hydrogens is 412 g/mol. The lowest BCUT2D eigenvalue weighted by Gasteiger charge is -2.32. The quantitative estimate of drug-likeness (QED) is 0.555. The molecule has 0 aliphatic carbocycles. The van der Waals surface area contributed by atoms with Crippen LogP contribution in [0, 0.1) is 5.92 Å². The first-order valence-electron chi connectivity index (χ1n) is 10.9. The monoisotopic (exact) mass is 446 g/mol. The zero-order chi connectivity index (χ0) is 23.7. The van der Waals surface area contributed by atoms with Gasteiger partial charge in [0.25, 0.3) is 0 Å². The van der Waals surface area contributed by atoms with Gasteiger partial charge >= 0.3 is 6.09 Å². The highest BCUT2D eigenvalue weighted by atomic mass is 16.6. The fraction of sp³-hybridized carbons (Fsp3) is 0.565. The minimum atomic E-state index is -0.571. The van der Waals surface area contributed by atoms with E-state index >= 15 is 0 Å². The van der Waals surface area contributed by atoms with Crippen LogP contribution in [-0.2, 0) is 25.5 Å². The van der Waals surface area contributed by atoms with E-state index < -0.39 is 11.7 Å². The molecule has 0 saturated carbocycles. The van der Waals surface area contributed by atoms with Gasteiger partial charge in [-0.3, -0.25) is 14.4 Å². The molecule has 0 radical (unpaired) electrons. The summed E-state index contributed by atoms with van der Waals surface area (Å²) in [6.45, 7) is 8.37. The summed E-state index contributed by atoms with van der Waals surface area (Å²) in [6.07, 6.45) is 1.21. The minimum absolute atomic E-state index is 0.0265. The molecule has 0 spiro atoms. The van der Waals surface area contributed by atoms with Gasteiger partial charge in [-0.15, -0.1) is 0 Å². The van der Waals surface area contributed by atoms with Crippen molar-refractivity contribution >= 4 is 29.5 Å². The van der Waals surface area contributed by atoms with Crippen molar-refractivity contribution in [3.05, 3.63) is 29.8 Å². The molecule has 1 aromatic rings. The van der Waals surface area contributed by atoms with Gasteiger partial charge < -0.3 is 25.6 Å². The van der Waals surface area contributed by atoms with Crippen molar-refractivity contribution in [2.75, 3.05) is 31.5 Å². The van der Waals surface area contributed by atoms with Crippen LogP contribution in [0.1, 0.15) is 46.1 Å². The van der Waals surface area contributed by atoms with Gasteiger partial charge in [-0.05, 0) is 51.3 Å². The van der Waals surface area contributed by atoms with Crippen molar-refractivity contribution in [3.8, 4) is 0 Å². The first kappa shape index (κ1) is 25.2. The SMILES string of the molecule is CC(=O)Nc1ccc(CC(=O)N2CCCC(C(=O)NCCNC(=O)OC(C)(C)C)C2)cc1. The van der Waals surface area contributed by atoms with E-state index in [-0.39, 0.29) is 36.6 Å². The molecule has 32 heavy (non-hydrogen) atoms. The Hall–Kier alpha value is -3.10. The van der Waals surface area contributed by atoms with E-state index in [1.807, 2.05) is 12.1 Å². The van der Waals surface area contributed by atoms with Crippen molar-refractivity contribution in [1.29, 1.82) is 0 Å². The molecule has 1 aliphatic heterocycles. The smallest absolute Gasteiger partial charge is 0.407 e. The highest BCUT2D eigenvalue weighted by molar-refractivity contribution is 5.88. The largest absolute Gasteiger partial charge is 0.444 e. The summed E-state index contributed by atoms with van der Waals surface area (Å²) in [5.74, 6) is -0.557. The third kappa shape index (κ3) is 8.95. The topological polar surface area (TPSA) is 117 Å². The zero-order valence-corrected chi connectivity index (χ0v) is 19.3. The molecular formula is C23H34N4O5. The molecule has 1 aromatic carbocycles. The Morgan fingerprint density at radius 1 is 1.06 bits per heavy atom. The van der Waals surface area contributed by atoms with Crippen LogP contribution in [0.5, 0.6) is 0 Å². The van der Waals surface area contributed by atoms with Crippen molar-refractivity contribution in [2.24, 2.45) is 5.92 Å². The number of hydrogen-bond donors (Lipinski definition) is 3. The predicted molar refractivity (Wildman–Crippen MR) is 121 cm³/mol. The molecule has 9 nitrogen and oxygen atoms in total. The number of carbonyl (C=O) groups excluding carboxylic acids is 4. The number of carbonyl (C=O) groups is 4. The number of nitrogens with zero attached hydrogens (tertiary/aromatic N) is 1. The highest BCUT2D eigenvalue weighted by Crippen LogP contribution is 2.18. The number of rotatable bonds is 7. The second kappa shape index (κ2) is 11.5. The fourth-order valence-corrected chi connectivity index (χ4v) is 3.42. The second-order valence-corrected chi connectivity index (χ2v) is 8.95. The molecule has 176 valence electrons. The number of anilines is 1. The van der Waals surface area contributed by atoms with Gasteiger partial charge in [-0.25, -0.2) is 4.79 Å². The van der Waals surface area contributed by atoms with Crippen LogP contribution in [-0.4, -0.2) is 60.5 Å². The van der Waals surface area contributed by atoms with Crippen LogP contribution in [0.25, 0.3) is 0 Å². The number of piperidine rings is 1. The van der Waals surface area contributed by atoms with Gasteiger partial charge in [0.05, 0.1) is 12.3 Å². The summed E-state index contributed by atoms with van der Waals surface area (Å²) in [7, 11) is 0. The molecule has 4 amide bonds. The molecule has 1 heterocycles. The maximum absolute atomic E-state index is 12.7. The van der Waals surface area contributed by atoms with Crippen LogP contribution in [0.3, 0.4) is 0 Å². The summed E-state index contributed by atoms with van der Waals surface area (Å²) < 4.78 is 5.15. The Morgan fingerprint density at radius 3 is 2.34 bits per heavy atom. The molecule has 0 bridgehead atoms. The van der Waals surface area contributed by atoms with Crippen molar-refractivity contribution in [3.63, 3.8) is 0 Å². The van der Waals surface area contributed by atoms with Gasteiger partial charge in [0, 0.05) is 38.8 Å². The molecule has 2 rings (SSSR count). The standard InChI is InChI=1S/C23H34N4O5/c1-16(28)26-19-9-7-17(8-10-19)14-20(29)27-13-5-6-18(15-27)21(30)24-11-12-25-22(31)32-23(2,3)4/h7-10,18H,5-6,11-15H2,1-4H3,(H,24,30)(H,25,31)(H,26,28). The van der Waals surface area contributed by atoms with E-state index in [1.54, 1.807) is 37.8 Å². The van der Waals surface area contributed by atoms with Crippen LogP contribution >= 0.6 is 0 Å². The summed E-state index contributed by atoms with van der Waals surface area (Å²) >= 11 is 0. The van der Waals surface area contributed by atoms with E-state index in [9.17, 15) is 19.2 Å². The maximum atomic E-state index is 12.7. The number of benzene rings is 1. The van der Waals surface area contributed by atoms with E-state index in [0.717, 1.165) is 18.4 Å². The van der Waals surface area contributed by atoms with Gasteiger partial charge in [-0.1, -0.05) is 12.1 Å². The van der Waals surface area contributed by atoms with Gasteiger partial charge in [0.2, 0.25) is 17.7 Å². The fourth-order valence-electron chi connectivity index (χ4n) is 3.42. The summed E-state index contributed by atoms with van der Waals surface area (Å²) in [5, 5.41) is 8.12. The second-order valence-electron chi connectivity index (χ2n) is 8.95. The third-order valence-electron chi connectivity index (χ3n) is 4.87. The lowest BCUT2D eigenvalue weighted by Crippen LogP contribution is -2.47. The number of amides is 4. The summed E-state index contributed by atoms with van der Waals surface area (Å²) in [4.78, 5) is 49.7. The third-order valence-corrected chi connectivity index (χ3v) is 4.87. The molecule has 9 heteroatoms. The Kier molecular flexibility index (Phi) is 9.04. The zero-order valence-electron chi connectivity index (χ0n) is 19.3. The van der Waals surface area contributed by atoms with Crippen LogP contribution in [0.4, 0.5) is 10.5 Å². The Morgan fingerprint density at radius 2 is 1.72 bits per heavy atom. The predicted octanol–water partition coefficient (Wildman–Crippen LogP) is 2.07.